The zero-order chi connectivity index (χ0) is 15.6. The lowest BCUT2D eigenvalue weighted by molar-refractivity contribution is 0.149. The van der Waals surface area contributed by atoms with E-state index in [0.29, 0.717) is 13.2 Å². The molecule has 1 aromatic rings. The van der Waals surface area contributed by atoms with Crippen LogP contribution in [-0.4, -0.2) is 6.61 Å². The van der Waals surface area contributed by atoms with Crippen molar-refractivity contribution in [1.82, 2.24) is 0 Å². The first-order valence-electron chi connectivity index (χ1n) is 8.76. The van der Waals surface area contributed by atoms with Gasteiger partial charge in [-0.05, 0) is 61.5 Å². The molecule has 120 valence electrons. The van der Waals surface area contributed by atoms with E-state index in [1.165, 1.54) is 43.2 Å². The van der Waals surface area contributed by atoms with Crippen LogP contribution in [-0.2, 0) is 11.3 Å². The minimum absolute atomic E-state index is 0.623. The Bertz CT molecular complexity index is 449. The van der Waals surface area contributed by atoms with E-state index in [-0.39, 0.29) is 0 Å². The Labute approximate surface area is 136 Å². The van der Waals surface area contributed by atoms with E-state index >= 15 is 0 Å². The first-order chi connectivity index (χ1) is 10.8. The molecule has 0 bridgehead atoms. The maximum atomic E-state index is 5.49. The lowest BCUT2D eigenvalue weighted by atomic mass is 9.77. The molecule has 22 heavy (non-hydrogen) atoms. The van der Waals surface area contributed by atoms with Gasteiger partial charge in [0.15, 0.2) is 0 Å². The summed E-state index contributed by atoms with van der Waals surface area (Å²) in [6.07, 6.45) is 14.4. The molecular formula is C21H30O. The zero-order valence-corrected chi connectivity index (χ0v) is 14.0. The molecule has 0 heterocycles. The standard InChI is InChI=1S/C21H30O/c1-3-5-6-7-18-8-12-20(13-9-18)21-14-10-19(11-15-21)17-22-16-4-2/h4-6,10-11,14-15,18,20H,2-3,7-9,12-13,16-17H2,1H3/b6-5+/t18-,20-. The lowest BCUT2D eigenvalue weighted by Crippen LogP contribution is -2.12. The van der Waals surface area contributed by atoms with Gasteiger partial charge in [-0.15, -0.1) is 6.58 Å². The third-order valence-electron chi connectivity index (χ3n) is 4.67. The largest absolute Gasteiger partial charge is 0.373 e. The van der Waals surface area contributed by atoms with Crippen LogP contribution in [0.5, 0.6) is 0 Å². The molecule has 0 radical (unpaired) electrons. The topological polar surface area (TPSA) is 9.23 Å². The summed E-state index contributed by atoms with van der Waals surface area (Å²) in [6, 6.07) is 9.03. The van der Waals surface area contributed by atoms with Crippen LogP contribution in [0.1, 0.15) is 62.5 Å². The first kappa shape index (κ1) is 17.0. The maximum absolute atomic E-state index is 5.49. The van der Waals surface area contributed by atoms with Crippen molar-refractivity contribution in [2.75, 3.05) is 6.61 Å². The molecule has 2 rings (SSSR count). The van der Waals surface area contributed by atoms with E-state index in [1.54, 1.807) is 6.08 Å². The molecule has 1 aliphatic rings. The van der Waals surface area contributed by atoms with Crippen LogP contribution in [0, 0.1) is 5.92 Å². The molecule has 0 spiro atoms. The van der Waals surface area contributed by atoms with Crippen molar-refractivity contribution in [3.8, 4) is 0 Å². The van der Waals surface area contributed by atoms with E-state index in [2.05, 4.69) is 49.9 Å². The summed E-state index contributed by atoms with van der Waals surface area (Å²) < 4.78 is 5.49. The number of hydrogen-bond acceptors (Lipinski definition) is 1. The molecule has 0 aromatic heterocycles. The Hall–Kier alpha value is -1.34. The molecule has 0 atom stereocenters. The SMILES string of the molecule is C=CCOCc1ccc([C@H]2CC[C@H](C/C=C/CC)CC2)cc1. The summed E-state index contributed by atoms with van der Waals surface area (Å²) >= 11 is 0. The molecule has 1 heteroatoms. The number of benzene rings is 1. The van der Waals surface area contributed by atoms with Gasteiger partial charge in [-0.25, -0.2) is 0 Å². The van der Waals surface area contributed by atoms with Gasteiger partial charge in [-0.2, -0.15) is 0 Å². The molecule has 0 N–H and O–H groups in total. The second-order valence-electron chi connectivity index (χ2n) is 6.38. The van der Waals surface area contributed by atoms with Crippen molar-refractivity contribution in [3.05, 3.63) is 60.2 Å². The third-order valence-corrected chi connectivity index (χ3v) is 4.67. The summed E-state index contributed by atoms with van der Waals surface area (Å²) in [6.45, 7) is 7.18. The van der Waals surface area contributed by atoms with Crippen LogP contribution in [0.2, 0.25) is 0 Å². The van der Waals surface area contributed by atoms with Crippen LogP contribution < -0.4 is 0 Å². The third kappa shape index (κ3) is 5.46. The molecule has 0 amide bonds. The number of hydrogen-bond donors (Lipinski definition) is 0. The van der Waals surface area contributed by atoms with Crippen LogP contribution in [0.15, 0.2) is 49.1 Å². The van der Waals surface area contributed by atoms with E-state index in [9.17, 15) is 0 Å². The minimum Gasteiger partial charge on any atom is -0.373 e. The van der Waals surface area contributed by atoms with E-state index in [1.807, 2.05) is 0 Å². The highest BCUT2D eigenvalue weighted by Gasteiger charge is 2.21. The Morgan fingerprint density at radius 1 is 1.09 bits per heavy atom. The summed E-state index contributed by atoms with van der Waals surface area (Å²) in [5.74, 6) is 1.67. The number of ether oxygens (including phenoxy) is 1. The summed E-state index contributed by atoms with van der Waals surface area (Å²) in [7, 11) is 0. The molecule has 1 aliphatic carbocycles. The fraction of sp³-hybridized carbons (Fsp3) is 0.524. The van der Waals surface area contributed by atoms with Crippen molar-refractivity contribution in [3.63, 3.8) is 0 Å². The predicted molar refractivity (Wildman–Crippen MR) is 95.0 cm³/mol. The average Bonchev–Trinajstić information content (AvgIpc) is 2.57. The summed E-state index contributed by atoms with van der Waals surface area (Å²) in [5, 5.41) is 0. The van der Waals surface area contributed by atoms with E-state index in [4.69, 9.17) is 4.74 Å². The van der Waals surface area contributed by atoms with Crippen LogP contribution in [0.4, 0.5) is 0 Å². The van der Waals surface area contributed by atoms with E-state index < -0.39 is 0 Å². The number of allylic oxidation sites excluding steroid dienone is 2. The minimum atomic E-state index is 0.623. The van der Waals surface area contributed by atoms with Gasteiger partial charge in [-0.3, -0.25) is 0 Å². The van der Waals surface area contributed by atoms with Gasteiger partial charge in [0, 0.05) is 0 Å². The molecule has 0 saturated heterocycles. The predicted octanol–water partition coefficient (Wildman–Crippen LogP) is 6.02. The van der Waals surface area contributed by atoms with Gasteiger partial charge in [-0.1, -0.05) is 49.4 Å². The van der Waals surface area contributed by atoms with Crippen LogP contribution in [0.3, 0.4) is 0 Å². The van der Waals surface area contributed by atoms with Crippen molar-refractivity contribution < 1.29 is 4.74 Å². The Balaban J connectivity index is 1.78. The van der Waals surface area contributed by atoms with Crippen LogP contribution >= 0.6 is 0 Å². The highest BCUT2D eigenvalue weighted by molar-refractivity contribution is 5.25. The summed E-state index contributed by atoms with van der Waals surface area (Å²) in [5.41, 5.74) is 2.76. The van der Waals surface area contributed by atoms with Crippen LogP contribution in [0.25, 0.3) is 0 Å². The van der Waals surface area contributed by atoms with Crippen molar-refractivity contribution in [2.24, 2.45) is 5.92 Å². The Morgan fingerprint density at radius 3 is 2.45 bits per heavy atom. The molecule has 0 unspecified atom stereocenters. The Kier molecular flexibility index (Phi) is 7.45. The second-order valence-corrected chi connectivity index (χ2v) is 6.38. The molecule has 1 fully saturated rings. The maximum Gasteiger partial charge on any atom is 0.0721 e. The normalized spacial score (nSPS) is 22.0. The van der Waals surface area contributed by atoms with Gasteiger partial charge in [0.05, 0.1) is 13.2 Å². The fourth-order valence-electron chi connectivity index (χ4n) is 3.33. The lowest BCUT2D eigenvalue weighted by Gasteiger charge is -2.28. The highest BCUT2D eigenvalue weighted by Crippen LogP contribution is 2.37. The number of rotatable bonds is 8. The Morgan fingerprint density at radius 2 is 1.82 bits per heavy atom. The zero-order valence-electron chi connectivity index (χ0n) is 14.0. The molecule has 1 saturated carbocycles. The van der Waals surface area contributed by atoms with Gasteiger partial charge in [0.1, 0.15) is 0 Å². The second kappa shape index (κ2) is 9.63. The smallest absolute Gasteiger partial charge is 0.0721 e. The van der Waals surface area contributed by atoms with Gasteiger partial charge >= 0.3 is 0 Å². The van der Waals surface area contributed by atoms with E-state index in [0.717, 1.165) is 18.3 Å². The van der Waals surface area contributed by atoms with Gasteiger partial charge in [0.25, 0.3) is 0 Å². The fourth-order valence-corrected chi connectivity index (χ4v) is 3.33. The molecular weight excluding hydrogens is 268 g/mol. The van der Waals surface area contributed by atoms with Crippen molar-refractivity contribution in [2.45, 2.75) is 58.0 Å². The quantitative estimate of drug-likeness (QED) is 0.421. The molecule has 0 aliphatic heterocycles. The monoisotopic (exact) mass is 298 g/mol. The van der Waals surface area contributed by atoms with Crippen molar-refractivity contribution >= 4 is 0 Å². The van der Waals surface area contributed by atoms with Gasteiger partial charge < -0.3 is 4.74 Å². The average molecular weight is 298 g/mol. The highest BCUT2D eigenvalue weighted by atomic mass is 16.5. The van der Waals surface area contributed by atoms with Gasteiger partial charge in [0.2, 0.25) is 0 Å². The molecule has 1 aromatic carbocycles. The van der Waals surface area contributed by atoms with Crippen molar-refractivity contribution in [1.29, 1.82) is 0 Å². The first-order valence-corrected chi connectivity index (χ1v) is 8.76. The summed E-state index contributed by atoms with van der Waals surface area (Å²) in [4.78, 5) is 0. The molecule has 1 nitrogen and oxygen atoms in total.